The summed E-state index contributed by atoms with van der Waals surface area (Å²) >= 11 is 0. The number of nitrogens with one attached hydrogen (secondary N) is 2. The molecule has 1 aromatic carbocycles. The van der Waals surface area contributed by atoms with Crippen molar-refractivity contribution in [2.75, 3.05) is 10.2 Å². The van der Waals surface area contributed by atoms with Crippen LogP contribution in [0.1, 0.15) is 94.6 Å². The molecule has 1 aliphatic heterocycles. The third kappa shape index (κ3) is 6.55. The number of alkyl halides is 2. The maximum Gasteiger partial charge on any atom is 0.425 e. The Bertz CT molecular complexity index is 1390. The van der Waals surface area contributed by atoms with Crippen LogP contribution in [0.4, 0.5) is 35.7 Å². The smallest absolute Gasteiger partial charge is 0.425 e. The first-order valence-corrected chi connectivity index (χ1v) is 13.8. The number of carboxylic acid groups (broad SMARTS) is 1. The van der Waals surface area contributed by atoms with Crippen LogP contribution in [0.3, 0.4) is 0 Å². The molecule has 2 aromatic rings. The summed E-state index contributed by atoms with van der Waals surface area (Å²) in [6.07, 6.45) is 2.67. The fourth-order valence-electron chi connectivity index (χ4n) is 6.23. The molecule has 4 rings (SSSR count). The van der Waals surface area contributed by atoms with E-state index in [1.165, 1.54) is 0 Å². The number of fused-ring (bicyclic) bond motifs is 2. The van der Waals surface area contributed by atoms with Crippen LogP contribution in [0.5, 0.6) is 5.75 Å². The number of carbonyl (C=O) groups excluding carboxylic acids is 2. The van der Waals surface area contributed by atoms with Gasteiger partial charge in [-0.2, -0.15) is 13.7 Å². The third-order valence-electron chi connectivity index (χ3n) is 7.30. The van der Waals surface area contributed by atoms with Crippen LogP contribution >= 0.6 is 0 Å². The predicted octanol–water partition coefficient (Wildman–Crippen LogP) is 6.87. The van der Waals surface area contributed by atoms with Gasteiger partial charge in [-0.3, -0.25) is 4.79 Å². The lowest BCUT2D eigenvalue weighted by molar-refractivity contribution is -0.0495. The fraction of sp³-hybridized carbons (Fsp3) is 0.552. The number of amides is 3. The van der Waals surface area contributed by atoms with Gasteiger partial charge >= 0.3 is 18.8 Å². The second-order valence-electron chi connectivity index (χ2n) is 12.7. The van der Waals surface area contributed by atoms with Gasteiger partial charge in [0.05, 0.1) is 5.54 Å². The summed E-state index contributed by atoms with van der Waals surface area (Å²) in [6, 6.07) is 3.42. The molecule has 13 heteroatoms. The minimum Gasteiger partial charge on any atom is -0.464 e. The molecule has 1 spiro atoms. The van der Waals surface area contributed by atoms with Crippen molar-refractivity contribution in [2.45, 2.75) is 97.8 Å². The Morgan fingerprint density at radius 3 is 2.40 bits per heavy atom. The van der Waals surface area contributed by atoms with Crippen LogP contribution in [-0.4, -0.2) is 45.4 Å². The molecule has 1 saturated carbocycles. The average Bonchev–Trinajstić information content (AvgIpc) is 3.09. The molecule has 11 nitrogen and oxygen atoms in total. The minimum absolute atomic E-state index is 0.114. The molecule has 3 N–H and O–H groups in total. The van der Waals surface area contributed by atoms with Gasteiger partial charge in [0.25, 0.3) is 5.91 Å². The monoisotopic (exact) mass is 589 g/mol. The lowest BCUT2D eigenvalue weighted by atomic mass is 9.77. The molecule has 1 fully saturated rings. The van der Waals surface area contributed by atoms with Crippen molar-refractivity contribution < 1.29 is 37.7 Å². The number of halogens is 2. The van der Waals surface area contributed by atoms with Crippen molar-refractivity contribution in [1.29, 1.82) is 0 Å². The molecule has 0 atom stereocenters. The van der Waals surface area contributed by atoms with E-state index < -0.39 is 41.5 Å². The molecular weight excluding hydrogens is 552 g/mol. The van der Waals surface area contributed by atoms with E-state index >= 15 is 0 Å². The number of benzene rings is 1. The SMILES string of the molecule is Cc1cc(Nc2ncnc(N(C(=O)O)C(=O)OC(C)(C)CC(C)(C)C)c2OC(F)F)cc2c1C(=O)NC21CCCCC1. The highest BCUT2D eigenvalue weighted by Gasteiger charge is 2.44. The number of rotatable bonds is 7. The Hall–Kier alpha value is -4.03. The second-order valence-corrected chi connectivity index (χ2v) is 12.7. The maximum absolute atomic E-state index is 13.6. The molecule has 0 bridgehead atoms. The number of nitrogens with zero attached hydrogens (tertiary/aromatic N) is 3. The summed E-state index contributed by atoms with van der Waals surface area (Å²) in [7, 11) is 0. The molecule has 0 radical (unpaired) electrons. The number of aromatic nitrogens is 2. The predicted molar refractivity (Wildman–Crippen MR) is 150 cm³/mol. The van der Waals surface area contributed by atoms with Crippen molar-refractivity contribution in [2.24, 2.45) is 5.41 Å². The van der Waals surface area contributed by atoms with Gasteiger partial charge in [-0.1, -0.05) is 40.0 Å². The number of anilines is 3. The van der Waals surface area contributed by atoms with E-state index in [1.807, 2.05) is 20.8 Å². The summed E-state index contributed by atoms with van der Waals surface area (Å²) < 4.78 is 37.5. The summed E-state index contributed by atoms with van der Waals surface area (Å²) in [4.78, 5) is 46.2. The highest BCUT2D eigenvalue weighted by atomic mass is 19.3. The number of hydrogen-bond acceptors (Lipinski definition) is 8. The highest BCUT2D eigenvalue weighted by Crippen LogP contribution is 2.45. The van der Waals surface area contributed by atoms with Gasteiger partial charge < -0.3 is 25.2 Å². The Kier molecular flexibility index (Phi) is 8.34. The van der Waals surface area contributed by atoms with Crippen molar-refractivity contribution >= 4 is 35.4 Å². The Morgan fingerprint density at radius 2 is 1.81 bits per heavy atom. The third-order valence-corrected chi connectivity index (χ3v) is 7.30. The Labute approximate surface area is 243 Å². The van der Waals surface area contributed by atoms with Gasteiger partial charge in [-0.15, -0.1) is 0 Å². The molecule has 2 heterocycles. The number of aryl methyl sites for hydroxylation is 1. The van der Waals surface area contributed by atoms with Crippen LogP contribution in [-0.2, 0) is 10.3 Å². The van der Waals surface area contributed by atoms with Gasteiger partial charge in [0.2, 0.25) is 5.75 Å². The van der Waals surface area contributed by atoms with Crippen molar-refractivity contribution in [3.05, 3.63) is 35.2 Å². The van der Waals surface area contributed by atoms with Crippen LogP contribution in [0.15, 0.2) is 18.5 Å². The summed E-state index contributed by atoms with van der Waals surface area (Å²) in [6.45, 7) is 7.40. The maximum atomic E-state index is 13.6. The van der Waals surface area contributed by atoms with Crippen LogP contribution in [0.25, 0.3) is 0 Å². The highest BCUT2D eigenvalue weighted by molar-refractivity contribution is 6.09. The van der Waals surface area contributed by atoms with E-state index in [2.05, 4.69) is 20.6 Å². The van der Waals surface area contributed by atoms with Crippen LogP contribution in [0.2, 0.25) is 0 Å². The minimum atomic E-state index is -3.40. The quantitative estimate of drug-likeness (QED) is 0.315. The van der Waals surface area contributed by atoms with E-state index in [0.29, 0.717) is 23.2 Å². The first-order chi connectivity index (χ1) is 19.5. The summed E-state index contributed by atoms with van der Waals surface area (Å²) in [5.41, 5.74) is 0.576. The number of hydrogen-bond donors (Lipinski definition) is 3. The molecule has 42 heavy (non-hydrogen) atoms. The zero-order valence-electron chi connectivity index (χ0n) is 24.6. The normalized spacial score (nSPS) is 16.2. The van der Waals surface area contributed by atoms with Gasteiger partial charge in [-0.05, 0) is 68.7 Å². The van der Waals surface area contributed by atoms with Crippen LogP contribution in [0, 0.1) is 12.3 Å². The summed E-state index contributed by atoms with van der Waals surface area (Å²) in [5.74, 6) is -1.97. The zero-order chi connectivity index (χ0) is 31.0. The number of imide groups is 1. The number of carbonyl (C=O) groups is 3. The van der Waals surface area contributed by atoms with Crippen molar-refractivity contribution in [3.63, 3.8) is 0 Å². The van der Waals surface area contributed by atoms with Gasteiger partial charge in [0, 0.05) is 11.3 Å². The Morgan fingerprint density at radius 1 is 1.14 bits per heavy atom. The Balaban J connectivity index is 1.74. The molecular formula is C29H37F2N5O6. The molecule has 228 valence electrons. The largest absolute Gasteiger partial charge is 0.464 e. The fourth-order valence-corrected chi connectivity index (χ4v) is 6.23. The first kappa shape index (κ1) is 30.9. The molecule has 1 aromatic heterocycles. The molecule has 1 aliphatic carbocycles. The van der Waals surface area contributed by atoms with Gasteiger partial charge in [0.15, 0.2) is 11.6 Å². The van der Waals surface area contributed by atoms with Crippen molar-refractivity contribution in [1.82, 2.24) is 15.3 Å². The van der Waals surface area contributed by atoms with E-state index in [1.54, 1.807) is 32.9 Å². The van der Waals surface area contributed by atoms with Crippen LogP contribution < -0.4 is 20.3 Å². The number of ether oxygens (including phenoxy) is 2. The molecule has 2 aliphatic rings. The van der Waals surface area contributed by atoms with Gasteiger partial charge in [0.1, 0.15) is 11.9 Å². The van der Waals surface area contributed by atoms with E-state index in [-0.39, 0.29) is 22.0 Å². The topological polar surface area (TPSA) is 143 Å². The van der Waals surface area contributed by atoms with Gasteiger partial charge in [-0.25, -0.2) is 19.6 Å². The molecule has 0 unspecified atom stereocenters. The van der Waals surface area contributed by atoms with E-state index in [4.69, 9.17) is 9.47 Å². The van der Waals surface area contributed by atoms with E-state index in [0.717, 1.165) is 44.0 Å². The lowest BCUT2D eigenvalue weighted by Gasteiger charge is -2.34. The molecule has 0 saturated heterocycles. The lowest BCUT2D eigenvalue weighted by Crippen LogP contribution is -2.43. The van der Waals surface area contributed by atoms with Crippen molar-refractivity contribution in [3.8, 4) is 5.75 Å². The second kappa shape index (κ2) is 11.3. The molecule has 3 amide bonds. The zero-order valence-corrected chi connectivity index (χ0v) is 24.6. The first-order valence-electron chi connectivity index (χ1n) is 13.8. The standard InChI is InChI=1S/C29H37F2N5O6/c1-16-12-17(13-18-19(16)23(37)35-29(18)10-8-7-9-11-29)34-21-20(41-24(30)31)22(33-15-32-21)36(25(38)39)26(40)42-28(5,6)14-27(2,3)4/h12-13,15,24H,7-11,14H2,1-6H3,(H,35,37)(H,38,39)(H,32,33,34). The van der Waals surface area contributed by atoms with E-state index in [9.17, 15) is 28.3 Å². The average molecular weight is 590 g/mol. The summed E-state index contributed by atoms with van der Waals surface area (Å²) in [5, 5.41) is 16.0.